The van der Waals surface area contributed by atoms with Crippen molar-refractivity contribution in [3.05, 3.63) is 24.5 Å². The fraction of sp³-hybridized carbons (Fsp3) is 0.759. The van der Waals surface area contributed by atoms with E-state index in [1.807, 2.05) is 12.1 Å². The summed E-state index contributed by atoms with van der Waals surface area (Å²) in [6, 6.07) is 3.67. The van der Waals surface area contributed by atoms with E-state index in [9.17, 15) is 5.11 Å². The van der Waals surface area contributed by atoms with Crippen molar-refractivity contribution in [1.82, 2.24) is 4.98 Å². The van der Waals surface area contributed by atoms with Crippen molar-refractivity contribution in [3.63, 3.8) is 0 Å². The Morgan fingerprint density at radius 1 is 1.00 bits per heavy atom. The second kappa shape index (κ2) is 8.35. The highest BCUT2D eigenvalue weighted by molar-refractivity contribution is 5.21. The summed E-state index contributed by atoms with van der Waals surface area (Å²) in [6.45, 7) is 7.93. The van der Waals surface area contributed by atoms with Crippen LogP contribution >= 0.6 is 0 Å². The van der Waals surface area contributed by atoms with Crippen LogP contribution in [0.5, 0.6) is 5.75 Å². The van der Waals surface area contributed by atoms with Crippen LogP contribution in [0.25, 0.3) is 0 Å². The van der Waals surface area contributed by atoms with Gasteiger partial charge in [-0.1, -0.05) is 39.0 Å². The summed E-state index contributed by atoms with van der Waals surface area (Å²) in [5, 5.41) is 11.3. The predicted octanol–water partition coefficient (Wildman–Crippen LogP) is 6.26. The first-order chi connectivity index (χ1) is 15.4. The predicted molar refractivity (Wildman–Crippen MR) is 128 cm³/mol. The molecular formula is C29H41NO2. The zero-order chi connectivity index (χ0) is 22.4. The Balaban J connectivity index is 1.25. The molecule has 1 aromatic rings. The molecular weight excluding hydrogens is 394 g/mol. The fourth-order valence-corrected chi connectivity index (χ4v) is 8.89. The van der Waals surface area contributed by atoms with E-state index in [0.717, 1.165) is 48.7 Å². The molecule has 0 aliphatic heterocycles. The van der Waals surface area contributed by atoms with Crippen molar-refractivity contribution < 1.29 is 9.84 Å². The van der Waals surface area contributed by atoms with E-state index in [0.29, 0.717) is 23.4 Å². The molecule has 0 saturated heterocycles. The lowest BCUT2D eigenvalue weighted by molar-refractivity contribution is -0.138. The summed E-state index contributed by atoms with van der Waals surface area (Å²) in [6.07, 6.45) is 16.0. The van der Waals surface area contributed by atoms with Crippen LogP contribution in [0.4, 0.5) is 0 Å². The van der Waals surface area contributed by atoms with Gasteiger partial charge in [-0.25, -0.2) is 0 Å². The topological polar surface area (TPSA) is 42.4 Å². The minimum Gasteiger partial charge on any atom is -0.481 e. The van der Waals surface area contributed by atoms with Crippen molar-refractivity contribution in [2.75, 3.05) is 6.61 Å². The molecule has 1 aromatic heterocycles. The molecule has 1 N–H and O–H groups in total. The third-order valence-corrected chi connectivity index (χ3v) is 10.7. The molecule has 0 radical (unpaired) electrons. The quantitative estimate of drug-likeness (QED) is 0.570. The fourth-order valence-electron chi connectivity index (χ4n) is 8.89. The highest BCUT2D eigenvalue weighted by atomic mass is 16.5. The third-order valence-electron chi connectivity index (χ3n) is 10.7. The molecule has 0 bridgehead atoms. The largest absolute Gasteiger partial charge is 0.481 e. The molecule has 4 saturated carbocycles. The van der Waals surface area contributed by atoms with E-state index in [1.165, 1.54) is 44.9 Å². The van der Waals surface area contributed by atoms with Gasteiger partial charge in [-0.05, 0) is 110 Å². The Hall–Kier alpha value is -1.53. The van der Waals surface area contributed by atoms with Crippen LogP contribution in [-0.2, 0) is 0 Å². The van der Waals surface area contributed by atoms with Crippen LogP contribution in [0.1, 0.15) is 85.0 Å². The number of hydrogen-bond donors (Lipinski definition) is 1. The average molecular weight is 436 g/mol. The monoisotopic (exact) mass is 435 g/mol. The van der Waals surface area contributed by atoms with E-state index >= 15 is 0 Å². The summed E-state index contributed by atoms with van der Waals surface area (Å²) in [5.74, 6) is 11.4. The lowest BCUT2D eigenvalue weighted by Gasteiger charge is -2.61. The van der Waals surface area contributed by atoms with E-state index in [-0.39, 0.29) is 0 Å². The maximum atomic E-state index is 11.3. The maximum absolute atomic E-state index is 11.3. The molecule has 3 heteroatoms. The lowest BCUT2D eigenvalue weighted by atomic mass is 9.44. The smallest absolute Gasteiger partial charge is 0.149 e. The molecule has 0 unspecified atom stereocenters. The van der Waals surface area contributed by atoms with Gasteiger partial charge in [-0.2, -0.15) is 0 Å². The molecule has 1 heterocycles. The van der Waals surface area contributed by atoms with Crippen molar-refractivity contribution in [3.8, 4) is 17.6 Å². The Morgan fingerprint density at radius 2 is 1.78 bits per heavy atom. The maximum Gasteiger partial charge on any atom is 0.149 e. The summed E-state index contributed by atoms with van der Waals surface area (Å²) < 4.78 is 5.68. The Labute approximate surface area is 194 Å². The van der Waals surface area contributed by atoms with Crippen LogP contribution in [0.2, 0.25) is 0 Å². The number of fused-ring (bicyclic) bond motifs is 5. The van der Waals surface area contributed by atoms with E-state index in [1.54, 1.807) is 12.4 Å². The van der Waals surface area contributed by atoms with E-state index < -0.39 is 5.60 Å². The van der Waals surface area contributed by atoms with Crippen LogP contribution in [-0.4, -0.2) is 22.3 Å². The number of aromatic nitrogens is 1. The zero-order valence-electron chi connectivity index (χ0n) is 20.3. The molecule has 4 fully saturated rings. The van der Waals surface area contributed by atoms with Gasteiger partial charge in [0.25, 0.3) is 0 Å². The van der Waals surface area contributed by atoms with Crippen LogP contribution in [0, 0.1) is 52.3 Å². The SMILES string of the molecule is CC[C@H]1CC[C@H]2[C@@H]3CC[C@@H]4C[C@@](O)(C#CCOc5ccncc5)CC[C@]4(C)[C@H]3CC[C@]12C. The van der Waals surface area contributed by atoms with Gasteiger partial charge in [-0.15, -0.1) is 0 Å². The first kappa shape index (κ1) is 22.3. The molecule has 0 aromatic carbocycles. The Kier molecular flexibility index (Phi) is 5.81. The van der Waals surface area contributed by atoms with Crippen molar-refractivity contribution >= 4 is 0 Å². The zero-order valence-corrected chi connectivity index (χ0v) is 20.3. The van der Waals surface area contributed by atoms with Crippen molar-refractivity contribution in [1.29, 1.82) is 0 Å². The van der Waals surface area contributed by atoms with Crippen LogP contribution in [0.3, 0.4) is 0 Å². The van der Waals surface area contributed by atoms with Gasteiger partial charge < -0.3 is 9.84 Å². The van der Waals surface area contributed by atoms with Gasteiger partial charge in [0.2, 0.25) is 0 Å². The Morgan fingerprint density at radius 3 is 2.56 bits per heavy atom. The average Bonchev–Trinajstić information content (AvgIpc) is 3.14. The van der Waals surface area contributed by atoms with Gasteiger partial charge in [0.05, 0.1) is 0 Å². The normalized spacial score (nSPS) is 45.1. The van der Waals surface area contributed by atoms with Gasteiger partial charge in [0.1, 0.15) is 18.0 Å². The van der Waals surface area contributed by atoms with Crippen molar-refractivity contribution in [2.45, 2.75) is 90.6 Å². The number of nitrogens with zero attached hydrogens (tertiary/aromatic N) is 1. The molecule has 8 atom stereocenters. The highest BCUT2D eigenvalue weighted by Gasteiger charge is 2.60. The molecule has 0 spiro atoms. The number of pyridine rings is 1. The molecule has 5 rings (SSSR count). The second-order valence-electron chi connectivity index (χ2n) is 11.9. The first-order valence-corrected chi connectivity index (χ1v) is 13.1. The van der Waals surface area contributed by atoms with Gasteiger partial charge in [-0.3, -0.25) is 4.98 Å². The lowest BCUT2D eigenvalue weighted by Crippen LogP contribution is -2.55. The summed E-state index contributed by atoms with van der Waals surface area (Å²) in [4.78, 5) is 4.00. The number of rotatable bonds is 3. The Bertz CT molecular complexity index is 874. The minimum atomic E-state index is -0.845. The van der Waals surface area contributed by atoms with Crippen LogP contribution < -0.4 is 4.74 Å². The van der Waals surface area contributed by atoms with Gasteiger partial charge in [0, 0.05) is 12.4 Å². The molecule has 4 aliphatic carbocycles. The van der Waals surface area contributed by atoms with E-state index in [2.05, 4.69) is 37.6 Å². The molecule has 4 aliphatic rings. The molecule has 32 heavy (non-hydrogen) atoms. The number of hydrogen-bond acceptors (Lipinski definition) is 3. The van der Waals surface area contributed by atoms with Crippen molar-refractivity contribution in [2.24, 2.45) is 40.4 Å². The molecule has 3 nitrogen and oxygen atoms in total. The third kappa shape index (κ3) is 3.67. The summed E-state index contributed by atoms with van der Waals surface area (Å²) in [7, 11) is 0. The molecule has 0 amide bonds. The standard InChI is InChI=1S/C29H41NO2/c1-4-21-7-9-25-24-8-6-22-20-29(31,13-5-19-32-23-11-17-30-18-12-23)16-15-28(22,3)26(24)10-14-27(21,25)2/h11-12,17-18,21-22,24-26,31H,4,6-10,14-16,19-20H2,1-3H3/t21-,22+,24-,25-,26-,27+,28-,29+/m0/s1. The highest BCUT2D eigenvalue weighted by Crippen LogP contribution is 2.68. The summed E-state index contributed by atoms with van der Waals surface area (Å²) >= 11 is 0. The number of ether oxygens (including phenoxy) is 1. The van der Waals surface area contributed by atoms with Crippen LogP contribution in [0.15, 0.2) is 24.5 Å². The van der Waals surface area contributed by atoms with Gasteiger partial charge in [0.15, 0.2) is 0 Å². The van der Waals surface area contributed by atoms with E-state index in [4.69, 9.17) is 4.74 Å². The second-order valence-corrected chi connectivity index (χ2v) is 11.9. The summed E-state index contributed by atoms with van der Waals surface area (Å²) in [5.41, 5.74) is 0.132. The number of aliphatic hydroxyl groups is 1. The minimum absolute atomic E-state index is 0.317. The first-order valence-electron chi connectivity index (χ1n) is 13.1. The van der Waals surface area contributed by atoms with Gasteiger partial charge >= 0.3 is 0 Å². The molecule has 174 valence electrons.